The highest BCUT2D eigenvalue weighted by Gasteiger charge is 2.11. The van der Waals surface area contributed by atoms with E-state index in [4.69, 9.17) is 16.1 Å². The van der Waals surface area contributed by atoms with Crippen molar-refractivity contribution in [1.82, 2.24) is 5.16 Å². The van der Waals surface area contributed by atoms with Crippen LogP contribution in [0.15, 0.2) is 4.52 Å². The molecule has 1 heterocycles. The molecule has 0 fully saturated rings. The molecule has 68 valence electrons. The Morgan fingerprint density at radius 1 is 1.42 bits per heavy atom. The van der Waals surface area contributed by atoms with Gasteiger partial charge in [0.15, 0.2) is 0 Å². The molecule has 1 rings (SSSR count). The van der Waals surface area contributed by atoms with Crippen molar-refractivity contribution in [2.24, 2.45) is 0 Å². The fourth-order valence-corrected chi connectivity index (χ4v) is 1.52. The Hall–Kier alpha value is -0.500. The highest BCUT2D eigenvalue weighted by molar-refractivity contribution is 6.17. The van der Waals surface area contributed by atoms with Crippen molar-refractivity contribution in [2.45, 2.75) is 39.0 Å². The zero-order valence-electron chi connectivity index (χ0n) is 7.56. The van der Waals surface area contributed by atoms with Gasteiger partial charge < -0.3 is 4.52 Å². The summed E-state index contributed by atoms with van der Waals surface area (Å²) < 4.78 is 5.18. The predicted octanol–water partition coefficient (Wildman–Crippen LogP) is 2.93. The molecule has 0 spiro atoms. The summed E-state index contributed by atoms with van der Waals surface area (Å²) in [6, 6.07) is 0. The quantitative estimate of drug-likeness (QED) is 0.678. The number of nitrogens with zero attached hydrogens (tertiary/aromatic N) is 1. The van der Waals surface area contributed by atoms with Gasteiger partial charge in [-0.3, -0.25) is 0 Å². The molecule has 1 aromatic rings. The number of aryl methyl sites for hydroxylation is 1. The van der Waals surface area contributed by atoms with Crippen LogP contribution in [0.2, 0.25) is 0 Å². The van der Waals surface area contributed by atoms with Crippen molar-refractivity contribution in [3.8, 4) is 0 Å². The SMILES string of the molecule is CCCc1onc(CCl)c1CC. The van der Waals surface area contributed by atoms with Crippen molar-refractivity contribution in [3.63, 3.8) is 0 Å². The Morgan fingerprint density at radius 3 is 2.67 bits per heavy atom. The number of hydrogen-bond acceptors (Lipinski definition) is 2. The second-order valence-electron chi connectivity index (χ2n) is 2.77. The molecular weight excluding hydrogens is 174 g/mol. The smallest absolute Gasteiger partial charge is 0.140 e. The van der Waals surface area contributed by atoms with Crippen LogP contribution in [-0.4, -0.2) is 5.16 Å². The van der Waals surface area contributed by atoms with E-state index in [0.717, 1.165) is 30.7 Å². The molecule has 0 aliphatic heterocycles. The third kappa shape index (κ3) is 1.81. The molecule has 0 amide bonds. The van der Waals surface area contributed by atoms with Crippen molar-refractivity contribution in [2.75, 3.05) is 0 Å². The zero-order valence-corrected chi connectivity index (χ0v) is 8.32. The molecule has 0 radical (unpaired) electrons. The van der Waals surface area contributed by atoms with Crippen LogP contribution in [0.5, 0.6) is 0 Å². The largest absolute Gasteiger partial charge is 0.361 e. The molecule has 0 atom stereocenters. The highest BCUT2D eigenvalue weighted by Crippen LogP contribution is 2.18. The van der Waals surface area contributed by atoms with Gasteiger partial charge in [0.1, 0.15) is 11.5 Å². The lowest BCUT2D eigenvalue weighted by molar-refractivity contribution is 0.377. The van der Waals surface area contributed by atoms with E-state index in [2.05, 4.69) is 19.0 Å². The van der Waals surface area contributed by atoms with Crippen LogP contribution >= 0.6 is 11.6 Å². The van der Waals surface area contributed by atoms with E-state index < -0.39 is 0 Å². The standard InChI is InChI=1S/C9H14ClNO/c1-3-5-9-7(4-2)8(6-10)11-12-9/h3-6H2,1-2H3. The molecule has 3 heteroatoms. The van der Waals surface area contributed by atoms with E-state index in [-0.39, 0.29) is 0 Å². The van der Waals surface area contributed by atoms with Crippen molar-refractivity contribution in [3.05, 3.63) is 17.0 Å². The molecule has 1 aromatic heterocycles. The summed E-state index contributed by atoms with van der Waals surface area (Å²) in [6.07, 6.45) is 3.01. The Bertz CT molecular complexity index is 245. The second-order valence-corrected chi connectivity index (χ2v) is 3.04. The van der Waals surface area contributed by atoms with E-state index in [9.17, 15) is 0 Å². The van der Waals surface area contributed by atoms with Crippen LogP contribution in [-0.2, 0) is 18.7 Å². The molecule has 0 aliphatic rings. The van der Waals surface area contributed by atoms with Crippen LogP contribution in [0.1, 0.15) is 37.3 Å². The van der Waals surface area contributed by atoms with Crippen molar-refractivity contribution >= 4 is 11.6 Å². The summed E-state index contributed by atoms with van der Waals surface area (Å²) in [5, 5.41) is 3.92. The number of halogens is 1. The van der Waals surface area contributed by atoms with Crippen LogP contribution in [0.3, 0.4) is 0 Å². The summed E-state index contributed by atoms with van der Waals surface area (Å²) in [5.74, 6) is 1.46. The molecule has 0 N–H and O–H groups in total. The minimum absolute atomic E-state index is 0.455. The molecule has 0 unspecified atom stereocenters. The van der Waals surface area contributed by atoms with Gasteiger partial charge in [0.05, 0.1) is 5.88 Å². The number of hydrogen-bond donors (Lipinski definition) is 0. The third-order valence-corrected chi connectivity index (χ3v) is 2.16. The maximum absolute atomic E-state index is 5.70. The average molecular weight is 188 g/mol. The summed E-state index contributed by atoms with van der Waals surface area (Å²) in [6.45, 7) is 4.23. The van der Waals surface area contributed by atoms with E-state index in [1.807, 2.05) is 0 Å². The summed E-state index contributed by atoms with van der Waals surface area (Å²) in [4.78, 5) is 0. The average Bonchev–Trinajstić information content (AvgIpc) is 2.47. The summed E-state index contributed by atoms with van der Waals surface area (Å²) in [7, 11) is 0. The highest BCUT2D eigenvalue weighted by atomic mass is 35.5. The molecule has 12 heavy (non-hydrogen) atoms. The molecular formula is C9H14ClNO. The van der Waals surface area contributed by atoms with Gasteiger partial charge in [0.2, 0.25) is 0 Å². The van der Waals surface area contributed by atoms with Gasteiger partial charge in [-0.1, -0.05) is 19.0 Å². The first-order chi connectivity index (χ1) is 5.83. The molecule has 0 aliphatic carbocycles. The third-order valence-electron chi connectivity index (χ3n) is 1.91. The van der Waals surface area contributed by atoms with Crippen molar-refractivity contribution < 1.29 is 4.52 Å². The van der Waals surface area contributed by atoms with E-state index in [1.165, 1.54) is 5.56 Å². The first-order valence-electron chi connectivity index (χ1n) is 4.35. The Kier molecular flexibility index (Phi) is 3.60. The lowest BCUT2D eigenvalue weighted by Crippen LogP contribution is -1.90. The van der Waals surface area contributed by atoms with Crippen LogP contribution in [0, 0.1) is 0 Å². The van der Waals surface area contributed by atoms with E-state index in [1.54, 1.807) is 0 Å². The minimum Gasteiger partial charge on any atom is -0.361 e. The van der Waals surface area contributed by atoms with Crippen LogP contribution in [0.25, 0.3) is 0 Å². The molecule has 0 saturated heterocycles. The molecule has 2 nitrogen and oxygen atoms in total. The van der Waals surface area contributed by atoms with Gasteiger partial charge >= 0.3 is 0 Å². The minimum atomic E-state index is 0.455. The number of alkyl halides is 1. The first-order valence-corrected chi connectivity index (χ1v) is 4.89. The van der Waals surface area contributed by atoms with Gasteiger partial charge in [-0.25, -0.2) is 0 Å². The predicted molar refractivity (Wildman–Crippen MR) is 49.4 cm³/mol. The number of aromatic nitrogens is 1. The topological polar surface area (TPSA) is 26.0 Å². The Balaban J connectivity index is 2.88. The fourth-order valence-electron chi connectivity index (χ4n) is 1.31. The second kappa shape index (κ2) is 4.51. The monoisotopic (exact) mass is 187 g/mol. The lowest BCUT2D eigenvalue weighted by Gasteiger charge is -1.95. The normalized spacial score (nSPS) is 10.6. The van der Waals surface area contributed by atoms with Crippen LogP contribution in [0.4, 0.5) is 0 Å². The Labute approximate surface area is 77.9 Å². The van der Waals surface area contributed by atoms with Gasteiger partial charge in [0, 0.05) is 12.0 Å². The van der Waals surface area contributed by atoms with Crippen LogP contribution < -0.4 is 0 Å². The van der Waals surface area contributed by atoms with Gasteiger partial charge in [-0.15, -0.1) is 11.6 Å². The van der Waals surface area contributed by atoms with Crippen molar-refractivity contribution in [1.29, 1.82) is 0 Å². The first kappa shape index (κ1) is 9.59. The number of rotatable bonds is 4. The van der Waals surface area contributed by atoms with Gasteiger partial charge in [-0.05, 0) is 12.8 Å². The van der Waals surface area contributed by atoms with Gasteiger partial charge in [-0.2, -0.15) is 0 Å². The fraction of sp³-hybridized carbons (Fsp3) is 0.667. The molecule has 0 aromatic carbocycles. The van der Waals surface area contributed by atoms with E-state index in [0.29, 0.717) is 5.88 Å². The summed E-state index contributed by atoms with van der Waals surface area (Å²) in [5.41, 5.74) is 2.11. The maximum atomic E-state index is 5.70. The molecule has 0 bridgehead atoms. The lowest BCUT2D eigenvalue weighted by atomic mass is 10.1. The molecule has 0 saturated carbocycles. The maximum Gasteiger partial charge on any atom is 0.140 e. The summed E-state index contributed by atoms with van der Waals surface area (Å²) >= 11 is 5.70. The van der Waals surface area contributed by atoms with E-state index >= 15 is 0 Å². The zero-order chi connectivity index (χ0) is 8.97. The van der Waals surface area contributed by atoms with Gasteiger partial charge in [0.25, 0.3) is 0 Å². The Morgan fingerprint density at radius 2 is 2.17 bits per heavy atom.